The Kier molecular flexibility index (Phi) is 5.08. The van der Waals surface area contributed by atoms with Crippen LogP contribution in [-0.4, -0.2) is 32.4 Å². The molecule has 0 saturated carbocycles. The van der Waals surface area contributed by atoms with Crippen molar-refractivity contribution in [1.29, 1.82) is 0 Å². The Morgan fingerprint density at radius 3 is 2.84 bits per heavy atom. The van der Waals surface area contributed by atoms with Crippen LogP contribution in [-0.2, 0) is 9.53 Å². The first-order valence-electron chi connectivity index (χ1n) is 8.18. The van der Waals surface area contributed by atoms with Gasteiger partial charge in [0.1, 0.15) is 5.03 Å². The Morgan fingerprint density at radius 2 is 2.08 bits per heavy atom. The Hall–Kier alpha value is -2.34. The second-order valence-electron chi connectivity index (χ2n) is 6.24. The molecule has 0 aliphatic heterocycles. The molecule has 0 N–H and O–H groups in total. The number of ether oxygens (including phenoxy) is 1. The van der Waals surface area contributed by atoms with Crippen LogP contribution in [0, 0.1) is 13.8 Å². The highest BCUT2D eigenvalue weighted by atomic mass is 32.2. The third-order valence-corrected chi connectivity index (χ3v) is 4.69. The van der Waals surface area contributed by atoms with Gasteiger partial charge >= 0.3 is 5.97 Å². The quantitative estimate of drug-likeness (QED) is 0.510. The number of benzene rings is 1. The molecule has 0 aliphatic carbocycles. The number of hydrogen-bond acceptors (Lipinski definition) is 5. The first kappa shape index (κ1) is 17.5. The molecule has 6 heteroatoms. The van der Waals surface area contributed by atoms with Gasteiger partial charge in [-0.05, 0) is 45.4 Å². The van der Waals surface area contributed by atoms with Gasteiger partial charge < -0.3 is 4.74 Å². The van der Waals surface area contributed by atoms with Crippen LogP contribution in [0.15, 0.2) is 41.7 Å². The number of aromatic nitrogens is 3. The van der Waals surface area contributed by atoms with Gasteiger partial charge in [0.05, 0.1) is 23.1 Å². The molecule has 0 radical (unpaired) electrons. The van der Waals surface area contributed by atoms with E-state index < -0.39 is 0 Å². The lowest BCUT2D eigenvalue weighted by atomic mass is 10.0. The highest BCUT2D eigenvalue weighted by molar-refractivity contribution is 8.00. The number of nitrogens with zero attached hydrogens (tertiary/aromatic N) is 3. The SMILES string of the molecule is Cc1ccc(C)c(-c2cc3c(SCC(=O)OC(C)C)nccn3n2)c1. The van der Waals surface area contributed by atoms with Crippen LogP contribution in [0.3, 0.4) is 0 Å². The van der Waals surface area contributed by atoms with Crippen molar-refractivity contribution < 1.29 is 9.53 Å². The van der Waals surface area contributed by atoms with Crippen molar-refractivity contribution in [3.8, 4) is 11.3 Å². The Morgan fingerprint density at radius 1 is 1.28 bits per heavy atom. The molecule has 0 atom stereocenters. The molecule has 0 bridgehead atoms. The van der Waals surface area contributed by atoms with Crippen LogP contribution in [0.25, 0.3) is 16.8 Å². The van der Waals surface area contributed by atoms with Gasteiger partial charge in [-0.1, -0.05) is 29.5 Å². The van der Waals surface area contributed by atoms with Crippen LogP contribution in [0.5, 0.6) is 0 Å². The van der Waals surface area contributed by atoms with E-state index in [9.17, 15) is 4.79 Å². The minimum Gasteiger partial charge on any atom is -0.462 e. The number of rotatable bonds is 5. The number of carbonyl (C=O) groups excluding carboxylic acids is 1. The molecule has 0 spiro atoms. The summed E-state index contributed by atoms with van der Waals surface area (Å²) in [5.41, 5.74) is 5.28. The van der Waals surface area contributed by atoms with E-state index in [1.165, 1.54) is 22.9 Å². The normalized spacial score (nSPS) is 11.2. The van der Waals surface area contributed by atoms with Crippen molar-refractivity contribution in [2.45, 2.75) is 38.8 Å². The summed E-state index contributed by atoms with van der Waals surface area (Å²) in [6.07, 6.45) is 3.41. The molecule has 3 rings (SSSR count). The van der Waals surface area contributed by atoms with Crippen LogP contribution < -0.4 is 0 Å². The van der Waals surface area contributed by atoms with E-state index in [-0.39, 0.29) is 17.8 Å². The van der Waals surface area contributed by atoms with Crippen molar-refractivity contribution in [3.05, 3.63) is 47.8 Å². The van der Waals surface area contributed by atoms with Crippen LogP contribution in [0.4, 0.5) is 0 Å². The van der Waals surface area contributed by atoms with Crippen LogP contribution in [0.1, 0.15) is 25.0 Å². The fraction of sp³-hybridized carbons (Fsp3) is 0.316. The fourth-order valence-corrected chi connectivity index (χ4v) is 3.34. The zero-order valence-electron chi connectivity index (χ0n) is 14.8. The molecule has 0 amide bonds. The molecular formula is C19H21N3O2S. The molecule has 0 saturated heterocycles. The average molecular weight is 355 g/mol. The second kappa shape index (κ2) is 7.27. The average Bonchev–Trinajstić information content (AvgIpc) is 2.99. The summed E-state index contributed by atoms with van der Waals surface area (Å²) in [5, 5.41) is 5.44. The molecule has 130 valence electrons. The predicted molar refractivity (Wildman–Crippen MR) is 99.8 cm³/mol. The van der Waals surface area contributed by atoms with Gasteiger partial charge in [0, 0.05) is 18.0 Å². The van der Waals surface area contributed by atoms with E-state index in [4.69, 9.17) is 4.74 Å². The molecule has 3 aromatic rings. The van der Waals surface area contributed by atoms with E-state index >= 15 is 0 Å². The van der Waals surface area contributed by atoms with Gasteiger partial charge in [0.2, 0.25) is 0 Å². The zero-order valence-corrected chi connectivity index (χ0v) is 15.6. The smallest absolute Gasteiger partial charge is 0.316 e. The number of esters is 1. The van der Waals surface area contributed by atoms with Crippen molar-refractivity contribution >= 4 is 23.2 Å². The summed E-state index contributed by atoms with van der Waals surface area (Å²) in [6, 6.07) is 8.35. The third-order valence-electron chi connectivity index (χ3n) is 3.72. The van der Waals surface area contributed by atoms with Gasteiger partial charge in [0.25, 0.3) is 0 Å². The molecule has 1 aromatic carbocycles. The van der Waals surface area contributed by atoms with E-state index in [2.05, 4.69) is 42.1 Å². The maximum Gasteiger partial charge on any atom is 0.316 e. The minimum atomic E-state index is -0.238. The lowest BCUT2D eigenvalue weighted by Crippen LogP contribution is -2.13. The highest BCUT2D eigenvalue weighted by Gasteiger charge is 2.13. The van der Waals surface area contributed by atoms with Gasteiger partial charge in [-0.15, -0.1) is 0 Å². The molecule has 5 nitrogen and oxygen atoms in total. The Balaban J connectivity index is 1.90. The van der Waals surface area contributed by atoms with Gasteiger partial charge in [-0.25, -0.2) is 9.50 Å². The maximum atomic E-state index is 11.8. The third kappa shape index (κ3) is 4.02. The first-order valence-corrected chi connectivity index (χ1v) is 9.17. The van der Waals surface area contributed by atoms with Crippen molar-refractivity contribution in [3.63, 3.8) is 0 Å². The Labute approximate surface area is 151 Å². The number of thioether (sulfide) groups is 1. The molecular weight excluding hydrogens is 334 g/mol. The summed E-state index contributed by atoms with van der Waals surface area (Å²) in [4.78, 5) is 16.2. The zero-order chi connectivity index (χ0) is 18.0. The molecule has 2 heterocycles. The van der Waals surface area contributed by atoms with Crippen molar-refractivity contribution in [2.75, 3.05) is 5.75 Å². The number of hydrogen-bond donors (Lipinski definition) is 0. The molecule has 2 aromatic heterocycles. The van der Waals surface area contributed by atoms with E-state index in [0.717, 1.165) is 21.8 Å². The summed E-state index contributed by atoms with van der Waals surface area (Å²) in [5.74, 6) is -0.00691. The van der Waals surface area contributed by atoms with Gasteiger partial charge in [-0.3, -0.25) is 4.79 Å². The standard InChI is InChI=1S/C19H21N3O2S/c1-12(2)24-18(23)11-25-19-17-10-16(21-22(17)8-7-20-19)15-9-13(3)5-6-14(15)4/h5-10,12H,11H2,1-4H3. The van der Waals surface area contributed by atoms with Gasteiger partial charge in [-0.2, -0.15) is 5.10 Å². The fourth-order valence-electron chi connectivity index (χ4n) is 2.58. The second-order valence-corrected chi connectivity index (χ2v) is 7.20. The number of fused-ring (bicyclic) bond motifs is 1. The lowest BCUT2D eigenvalue weighted by molar-refractivity contribution is -0.144. The number of aryl methyl sites for hydroxylation is 2. The predicted octanol–water partition coefficient (Wildman–Crippen LogP) is 4.06. The van der Waals surface area contributed by atoms with E-state index in [1.54, 1.807) is 10.7 Å². The topological polar surface area (TPSA) is 56.5 Å². The Bertz CT molecular complexity index is 918. The van der Waals surface area contributed by atoms with Crippen molar-refractivity contribution in [1.82, 2.24) is 14.6 Å². The summed E-state index contributed by atoms with van der Waals surface area (Å²) in [7, 11) is 0. The molecule has 0 unspecified atom stereocenters. The highest BCUT2D eigenvalue weighted by Crippen LogP contribution is 2.28. The summed E-state index contributed by atoms with van der Waals surface area (Å²) in [6.45, 7) is 7.83. The lowest BCUT2D eigenvalue weighted by Gasteiger charge is -2.07. The van der Waals surface area contributed by atoms with Crippen molar-refractivity contribution in [2.24, 2.45) is 0 Å². The summed E-state index contributed by atoms with van der Waals surface area (Å²) < 4.78 is 6.98. The monoisotopic (exact) mass is 355 g/mol. The summed E-state index contributed by atoms with van der Waals surface area (Å²) >= 11 is 1.37. The molecule has 25 heavy (non-hydrogen) atoms. The maximum absolute atomic E-state index is 11.8. The number of carbonyl (C=O) groups is 1. The van der Waals surface area contributed by atoms with Crippen LogP contribution in [0.2, 0.25) is 0 Å². The minimum absolute atomic E-state index is 0.109. The molecule has 0 aliphatic rings. The van der Waals surface area contributed by atoms with Crippen LogP contribution >= 0.6 is 11.8 Å². The first-order chi connectivity index (χ1) is 11.9. The molecule has 0 fully saturated rings. The largest absolute Gasteiger partial charge is 0.462 e. The van der Waals surface area contributed by atoms with E-state index in [0.29, 0.717) is 0 Å². The van der Waals surface area contributed by atoms with E-state index in [1.807, 2.05) is 26.1 Å². The van der Waals surface area contributed by atoms with Gasteiger partial charge in [0.15, 0.2) is 0 Å².